The van der Waals surface area contributed by atoms with Crippen molar-refractivity contribution < 1.29 is 35.8 Å². The van der Waals surface area contributed by atoms with Crippen molar-refractivity contribution in [2.45, 2.75) is 35.1 Å². The van der Waals surface area contributed by atoms with Gasteiger partial charge in [0.15, 0.2) is 32.4 Å². The minimum Gasteiger partial charge on any atom is -0.505 e. The summed E-state index contributed by atoms with van der Waals surface area (Å²) in [5.74, 6) is -1.76. The molecule has 9 nitrogen and oxygen atoms in total. The molecule has 0 saturated heterocycles. The third kappa shape index (κ3) is 8.91. The van der Waals surface area contributed by atoms with Gasteiger partial charge in [0.25, 0.3) is 0 Å². The molecule has 0 amide bonds. The highest BCUT2D eigenvalue weighted by molar-refractivity contribution is 7.91. The number of halogens is 4. The average Bonchev–Trinajstić information content (AvgIpc) is 2.96. The summed E-state index contributed by atoms with van der Waals surface area (Å²) in [4.78, 5) is -0.904. The Balaban J connectivity index is 1.64. The summed E-state index contributed by atoms with van der Waals surface area (Å²) in [6, 6.07) is 17.7. The molecule has 0 heterocycles. The van der Waals surface area contributed by atoms with Crippen LogP contribution in [0.25, 0.3) is 0 Å². The molecule has 0 aliphatic carbocycles. The third-order valence-corrected chi connectivity index (χ3v) is 11.7. The maximum Gasteiger partial charge on any atom is 0.247 e. The monoisotopic (exact) mass is 751 g/mol. The normalized spacial score (nSPS) is 12.8. The number of hydrogen-bond acceptors (Lipinski definition) is 7. The van der Waals surface area contributed by atoms with E-state index in [0.717, 1.165) is 16.4 Å². The number of benzene rings is 4. The van der Waals surface area contributed by atoms with Crippen LogP contribution in [0.1, 0.15) is 22.3 Å². The number of phenolic OH excluding ortho intramolecular Hbond substituents is 2. The minimum atomic E-state index is -4.42. The molecule has 3 N–H and O–H groups in total. The molecule has 0 bridgehead atoms. The zero-order chi connectivity index (χ0) is 33.1. The molecular weight excluding hydrogens is 728 g/mol. The maximum absolute atomic E-state index is 13.9. The summed E-state index contributed by atoms with van der Waals surface area (Å²) in [6.45, 7) is -0.360. The van der Waals surface area contributed by atoms with Crippen molar-refractivity contribution in [1.82, 2.24) is 4.31 Å². The van der Waals surface area contributed by atoms with E-state index in [2.05, 4.69) is 0 Å². The standard InChI is InChI=1S/C29H25Cl4NO8S3/c30-22-11-24(32)28(35)26(13-22)44(39,40)9-8-18-2-1-3-21(10-18)16-34(15-19-4-6-20(7-5-19)17-43(37)38)45(41,42)27-14-23(31)12-25(33)29(27)36/h1-7,10-14,35-36H,8-9,15-17H2,(H,37,38). The van der Waals surface area contributed by atoms with Gasteiger partial charge in [0.2, 0.25) is 10.0 Å². The molecule has 4 aromatic carbocycles. The van der Waals surface area contributed by atoms with Gasteiger partial charge in [0, 0.05) is 23.1 Å². The summed E-state index contributed by atoms with van der Waals surface area (Å²) in [5.41, 5.74) is 2.18. The first kappa shape index (κ1) is 35.5. The number of aryl methyl sites for hydroxylation is 1. The molecule has 0 radical (unpaired) electrons. The molecule has 4 rings (SSSR count). The smallest absolute Gasteiger partial charge is 0.247 e. The summed E-state index contributed by atoms with van der Waals surface area (Å²) in [7, 11) is -8.43. The Morgan fingerprint density at radius 1 is 0.667 bits per heavy atom. The van der Waals surface area contributed by atoms with Crippen LogP contribution in [0, 0.1) is 0 Å². The lowest BCUT2D eigenvalue weighted by Crippen LogP contribution is -2.30. The van der Waals surface area contributed by atoms with E-state index in [1.165, 1.54) is 12.1 Å². The van der Waals surface area contributed by atoms with Gasteiger partial charge in [0.1, 0.15) is 9.79 Å². The first-order valence-electron chi connectivity index (χ1n) is 12.9. The molecule has 1 unspecified atom stereocenters. The molecule has 16 heteroatoms. The average molecular weight is 754 g/mol. The molecule has 0 fully saturated rings. The van der Waals surface area contributed by atoms with Crippen LogP contribution in [-0.4, -0.2) is 45.9 Å². The van der Waals surface area contributed by atoms with Gasteiger partial charge in [-0.05, 0) is 52.9 Å². The molecule has 0 aromatic heterocycles. The largest absolute Gasteiger partial charge is 0.505 e. The van der Waals surface area contributed by atoms with Crippen LogP contribution in [0.15, 0.2) is 82.6 Å². The van der Waals surface area contributed by atoms with E-state index in [-0.39, 0.29) is 45.4 Å². The number of nitrogens with zero attached hydrogens (tertiary/aromatic N) is 1. The molecule has 4 aromatic rings. The van der Waals surface area contributed by atoms with E-state index in [1.807, 2.05) is 0 Å². The lowest BCUT2D eigenvalue weighted by molar-refractivity contribution is 0.394. The van der Waals surface area contributed by atoms with E-state index >= 15 is 0 Å². The lowest BCUT2D eigenvalue weighted by atomic mass is 10.1. The van der Waals surface area contributed by atoms with Crippen molar-refractivity contribution in [2.75, 3.05) is 5.75 Å². The Morgan fingerprint density at radius 2 is 1.18 bits per heavy atom. The number of sulfone groups is 1. The zero-order valence-corrected chi connectivity index (χ0v) is 28.5. The third-order valence-electron chi connectivity index (χ3n) is 6.62. The fourth-order valence-electron chi connectivity index (χ4n) is 4.42. The molecule has 0 spiro atoms. The van der Waals surface area contributed by atoms with Gasteiger partial charge in [0.05, 0.1) is 21.6 Å². The van der Waals surface area contributed by atoms with E-state index in [9.17, 15) is 31.3 Å². The molecule has 0 aliphatic rings. The number of phenols is 2. The van der Waals surface area contributed by atoms with Crippen molar-refractivity contribution in [3.05, 3.63) is 115 Å². The van der Waals surface area contributed by atoms with Crippen molar-refractivity contribution in [3.8, 4) is 11.5 Å². The quantitative estimate of drug-likeness (QED) is 0.133. The minimum absolute atomic E-state index is 0.00656. The van der Waals surface area contributed by atoms with Gasteiger partial charge < -0.3 is 14.8 Å². The Bertz CT molecular complexity index is 1970. The van der Waals surface area contributed by atoms with Crippen LogP contribution in [-0.2, 0) is 56.2 Å². The van der Waals surface area contributed by atoms with Crippen LogP contribution in [0.3, 0.4) is 0 Å². The topological polar surface area (TPSA) is 149 Å². The van der Waals surface area contributed by atoms with Crippen LogP contribution in [0.2, 0.25) is 20.1 Å². The summed E-state index contributed by atoms with van der Waals surface area (Å²) < 4.78 is 75.3. The van der Waals surface area contributed by atoms with Crippen molar-refractivity contribution >= 4 is 77.3 Å². The Labute approximate surface area is 283 Å². The number of hydrogen-bond donors (Lipinski definition) is 3. The highest BCUT2D eigenvalue weighted by Gasteiger charge is 2.30. The molecule has 240 valence electrons. The van der Waals surface area contributed by atoms with Crippen LogP contribution in [0.4, 0.5) is 0 Å². The fraction of sp³-hybridized carbons (Fsp3) is 0.172. The van der Waals surface area contributed by atoms with Gasteiger partial charge in [-0.3, -0.25) is 0 Å². The lowest BCUT2D eigenvalue weighted by Gasteiger charge is -2.24. The first-order chi connectivity index (χ1) is 21.1. The van der Waals surface area contributed by atoms with E-state index < -0.39 is 58.0 Å². The molecule has 0 saturated carbocycles. The Morgan fingerprint density at radius 3 is 1.78 bits per heavy atom. The van der Waals surface area contributed by atoms with Crippen molar-refractivity contribution in [1.29, 1.82) is 0 Å². The zero-order valence-electron chi connectivity index (χ0n) is 23.0. The molecular formula is C29H25Cl4NO8S3. The second-order valence-electron chi connectivity index (χ2n) is 9.91. The van der Waals surface area contributed by atoms with E-state index in [0.29, 0.717) is 22.3 Å². The number of rotatable bonds is 12. The van der Waals surface area contributed by atoms with Crippen LogP contribution >= 0.6 is 46.4 Å². The summed E-state index contributed by atoms with van der Waals surface area (Å²) in [5, 5.41) is 20.4. The van der Waals surface area contributed by atoms with Gasteiger partial charge >= 0.3 is 0 Å². The summed E-state index contributed by atoms with van der Waals surface area (Å²) in [6.07, 6.45) is 0.0187. The molecule has 45 heavy (non-hydrogen) atoms. The van der Waals surface area contributed by atoms with Gasteiger partial charge in [-0.1, -0.05) is 94.9 Å². The predicted molar refractivity (Wildman–Crippen MR) is 176 cm³/mol. The highest BCUT2D eigenvalue weighted by Crippen LogP contribution is 2.37. The second-order valence-corrected chi connectivity index (χ2v) is 16.5. The van der Waals surface area contributed by atoms with Crippen LogP contribution < -0.4 is 0 Å². The second kappa shape index (κ2) is 14.6. The van der Waals surface area contributed by atoms with E-state index in [4.69, 9.17) is 51.0 Å². The van der Waals surface area contributed by atoms with E-state index in [1.54, 1.807) is 48.5 Å². The number of sulfonamides is 1. The van der Waals surface area contributed by atoms with Crippen molar-refractivity contribution in [3.63, 3.8) is 0 Å². The maximum atomic E-state index is 13.9. The fourth-order valence-corrected chi connectivity index (χ4v) is 9.11. The summed E-state index contributed by atoms with van der Waals surface area (Å²) >= 11 is 21.9. The van der Waals surface area contributed by atoms with Crippen LogP contribution in [0.5, 0.6) is 11.5 Å². The van der Waals surface area contributed by atoms with Gasteiger partial charge in [-0.15, -0.1) is 0 Å². The van der Waals surface area contributed by atoms with Crippen molar-refractivity contribution in [2.24, 2.45) is 0 Å². The Hall–Kier alpha value is -2.39. The molecule has 1 atom stereocenters. The predicted octanol–water partition coefficient (Wildman–Crippen LogP) is 6.84. The number of aromatic hydroxyl groups is 2. The SMILES string of the molecule is O=S(O)Cc1ccc(CN(Cc2cccc(CCS(=O)(=O)c3cc(Cl)cc(Cl)c3O)c2)S(=O)(=O)c2cc(Cl)cc(Cl)c2O)cc1. The van der Waals surface area contributed by atoms with Gasteiger partial charge in [-0.25, -0.2) is 21.0 Å². The highest BCUT2D eigenvalue weighted by atomic mass is 35.5. The first-order valence-corrected chi connectivity index (χ1v) is 18.8. The van der Waals surface area contributed by atoms with Gasteiger partial charge in [-0.2, -0.15) is 4.31 Å². The molecule has 0 aliphatic heterocycles. The Kier molecular flexibility index (Phi) is 11.5.